The number of hydrogen-bond donors (Lipinski definition) is 0. The van der Waals surface area contributed by atoms with Crippen LogP contribution in [0.1, 0.15) is 108 Å². The van der Waals surface area contributed by atoms with Crippen molar-refractivity contribution in [2.45, 2.75) is 77.9 Å². The first-order chi connectivity index (χ1) is 43.4. The zero-order valence-corrected chi connectivity index (χ0v) is 47.3. The summed E-state index contributed by atoms with van der Waals surface area (Å²) in [5.74, 6) is 2.11. The topological polar surface area (TPSA) is 33.5 Å². The molecular formula is C78H66N4O. The van der Waals surface area contributed by atoms with Gasteiger partial charge in [0.1, 0.15) is 24.0 Å². The van der Waals surface area contributed by atoms with E-state index >= 15 is 0 Å². The van der Waals surface area contributed by atoms with Gasteiger partial charge in [-0.1, -0.05) is 198 Å². The smallest absolute Gasteiger partial charge is 0.137 e. The molecule has 5 heteroatoms. The summed E-state index contributed by atoms with van der Waals surface area (Å²) in [4.78, 5) is 9.47. The summed E-state index contributed by atoms with van der Waals surface area (Å²) in [6, 6.07) is 75.2. The van der Waals surface area contributed by atoms with Gasteiger partial charge in [0.25, 0.3) is 0 Å². The van der Waals surface area contributed by atoms with Crippen LogP contribution in [-0.2, 0) is 22.6 Å². The average Bonchev–Trinajstić information content (AvgIpc) is 1.57. The second-order valence-electron chi connectivity index (χ2n) is 24.5. The number of fused-ring (bicyclic) bond motifs is 13. The van der Waals surface area contributed by atoms with Crippen LogP contribution in [0.25, 0.3) is 61.0 Å². The van der Waals surface area contributed by atoms with Gasteiger partial charge in [0.15, 0.2) is 0 Å². The molecule has 12 aromatic rings. The van der Waals surface area contributed by atoms with Crippen molar-refractivity contribution in [3.63, 3.8) is 0 Å². The Morgan fingerprint density at radius 3 is 1.84 bits per heavy atom. The summed E-state index contributed by atoms with van der Waals surface area (Å²) in [6.07, 6.45) is 0.0977. The molecule has 15 rings (SSSR count). The summed E-state index contributed by atoms with van der Waals surface area (Å²) < 4.78 is 81.4. The van der Waals surface area contributed by atoms with Crippen LogP contribution >= 0.6 is 0 Å². The standard InChI is InChI=1S/C78H66N4O/c1-49-39-50(2)41-53(40-49)63-43-55(77(6,7)8)44-64(61-27-20-31-68-74(61)62-26-11-15-30-67(62)78(68)65-28-13-9-21-51(65)42-52-22-10-14-29-66(52)78)75(63)81-48-80(70-33-17-18-34-71(70)81)56-23-19-24-57(46-56)83-58-35-36-60-59-25-12-16-32-69(59)82(72(60)47-58)73-45-54(37-38-79-73)76(3,4)5/h9-41,43-47H,42,48H2,1-8H3/i1D3,2D3,42D2. The van der Waals surface area contributed by atoms with Gasteiger partial charge in [-0.2, -0.15) is 0 Å². The molecule has 3 aliphatic rings. The van der Waals surface area contributed by atoms with E-state index in [-0.39, 0.29) is 16.5 Å². The van der Waals surface area contributed by atoms with Crippen LogP contribution in [0.2, 0.25) is 0 Å². The van der Waals surface area contributed by atoms with Crippen LogP contribution in [0.15, 0.2) is 231 Å². The maximum atomic E-state index is 9.78. The van der Waals surface area contributed by atoms with Crippen LogP contribution in [0.4, 0.5) is 22.7 Å². The van der Waals surface area contributed by atoms with E-state index in [0.717, 1.165) is 100 Å². The first-order valence-corrected chi connectivity index (χ1v) is 28.6. The molecule has 1 spiro atoms. The molecule has 10 aromatic carbocycles. The van der Waals surface area contributed by atoms with E-state index in [0.29, 0.717) is 40.4 Å². The van der Waals surface area contributed by atoms with Crippen LogP contribution in [0.5, 0.6) is 11.5 Å². The largest absolute Gasteiger partial charge is 0.457 e. The lowest BCUT2D eigenvalue weighted by molar-refractivity contribution is 0.483. The number of ether oxygens (including phenoxy) is 1. The van der Waals surface area contributed by atoms with Crippen molar-refractivity contribution >= 4 is 44.6 Å². The zero-order chi connectivity index (χ0) is 63.3. The van der Waals surface area contributed by atoms with Crippen LogP contribution in [-0.4, -0.2) is 16.2 Å². The Labute approximate surface area is 499 Å². The van der Waals surface area contributed by atoms with Crippen molar-refractivity contribution in [2.24, 2.45) is 0 Å². The van der Waals surface area contributed by atoms with E-state index in [1.54, 1.807) is 12.1 Å². The Balaban J connectivity index is 0.934. The van der Waals surface area contributed by atoms with Gasteiger partial charge >= 0.3 is 0 Å². The molecule has 404 valence electrons. The van der Waals surface area contributed by atoms with Crippen molar-refractivity contribution in [2.75, 3.05) is 16.5 Å². The molecule has 0 N–H and O–H groups in total. The number of rotatable bonds is 7. The normalized spacial score (nSPS) is 16.3. The van der Waals surface area contributed by atoms with E-state index in [4.69, 9.17) is 17.9 Å². The molecule has 0 amide bonds. The fourth-order valence-electron chi connectivity index (χ4n) is 13.6. The average molecular weight is 1080 g/mol. The highest BCUT2D eigenvalue weighted by Gasteiger charge is 2.50. The van der Waals surface area contributed by atoms with Gasteiger partial charge in [-0.15, -0.1) is 0 Å². The highest BCUT2D eigenvalue weighted by atomic mass is 16.5. The van der Waals surface area contributed by atoms with Crippen molar-refractivity contribution in [3.05, 3.63) is 286 Å². The third-order valence-corrected chi connectivity index (χ3v) is 17.4. The van der Waals surface area contributed by atoms with Gasteiger partial charge < -0.3 is 14.5 Å². The van der Waals surface area contributed by atoms with E-state index < -0.39 is 30.9 Å². The molecule has 0 fully saturated rings. The molecule has 5 nitrogen and oxygen atoms in total. The van der Waals surface area contributed by atoms with Gasteiger partial charge in [-0.25, -0.2) is 4.98 Å². The van der Waals surface area contributed by atoms with Gasteiger partial charge in [-0.05, 0) is 164 Å². The maximum absolute atomic E-state index is 9.78. The Bertz CT molecular complexity index is 4880. The minimum absolute atomic E-state index is 0.0666. The molecule has 0 saturated carbocycles. The summed E-state index contributed by atoms with van der Waals surface area (Å²) in [5, 5.41) is 2.20. The Morgan fingerprint density at radius 1 is 0.482 bits per heavy atom. The second kappa shape index (κ2) is 18.8. The van der Waals surface area contributed by atoms with Crippen LogP contribution in [0.3, 0.4) is 0 Å². The Kier molecular flexibility index (Phi) is 9.61. The van der Waals surface area contributed by atoms with Gasteiger partial charge in [0.2, 0.25) is 0 Å². The lowest BCUT2D eigenvalue weighted by Gasteiger charge is -2.40. The fourth-order valence-corrected chi connectivity index (χ4v) is 13.6. The van der Waals surface area contributed by atoms with E-state index in [1.165, 1.54) is 11.6 Å². The number of pyridine rings is 1. The SMILES string of the molecule is [2H]C([2H])([2H])c1cc(-c2cc(C(C)(C)C)cc(-c3cccc4c3-c3ccccc3C43c4ccccc4C([2H])([2H])c4ccccc43)c2N2CN(c3cccc(Oc4ccc5c6ccccc6n(-c6cc(C(C)(C)C)ccn6)c5c4)c3)c3ccccc32)cc(C([2H])([2H])[2H])c1. The number of benzene rings is 10. The number of anilines is 4. The predicted octanol–water partition coefficient (Wildman–Crippen LogP) is 20.0. The van der Waals surface area contributed by atoms with Crippen molar-refractivity contribution in [1.82, 2.24) is 9.55 Å². The highest BCUT2D eigenvalue weighted by Crippen LogP contribution is 2.62. The number of para-hydroxylation sites is 3. The quantitative estimate of drug-likeness (QED) is 0.159. The molecule has 1 aliphatic heterocycles. The lowest BCUT2D eigenvalue weighted by Crippen LogP contribution is -2.34. The minimum atomic E-state index is -2.63. The van der Waals surface area contributed by atoms with Crippen molar-refractivity contribution < 1.29 is 15.7 Å². The molecule has 0 bridgehead atoms. The summed E-state index contributed by atoms with van der Waals surface area (Å²) in [7, 11) is 0. The van der Waals surface area contributed by atoms with Crippen LogP contribution < -0.4 is 14.5 Å². The monoisotopic (exact) mass is 1080 g/mol. The lowest BCUT2D eigenvalue weighted by atomic mass is 9.61. The zero-order valence-electron chi connectivity index (χ0n) is 55.3. The molecule has 2 aromatic heterocycles. The van der Waals surface area contributed by atoms with Gasteiger partial charge in [0, 0.05) is 56.9 Å². The summed E-state index contributed by atoms with van der Waals surface area (Å²) in [6.45, 7) is 8.14. The third-order valence-electron chi connectivity index (χ3n) is 17.4. The van der Waals surface area contributed by atoms with Crippen LogP contribution in [0, 0.1) is 13.7 Å². The molecule has 83 heavy (non-hydrogen) atoms. The third kappa shape index (κ3) is 7.99. The number of aromatic nitrogens is 2. The van der Waals surface area contributed by atoms with Gasteiger partial charge in [-0.3, -0.25) is 4.57 Å². The highest BCUT2D eigenvalue weighted by molar-refractivity contribution is 6.10. The Morgan fingerprint density at radius 2 is 1.10 bits per heavy atom. The molecule has 3 heterocycles. The van der Waals surface area contributed by atoms with E-state index in [2.05, 4.69) is 195 Å². The second-order valence-corrected chi connectivity index (χ2v) is 24.5. The number of aryl methyl sites for hydroxylation is 2. The fraction of sp³-hybridized carbons (Fsp3) is 0.167. The Hall–Kier alpha value is -9.45. The first kappa shape index (κ1) is 42.4. The minimum Gasteiger partial charge on any atom is -0.457 e. The van der Waals surface area contributed by atoms with Crippen molar-refractivity contribution in [3.8, 4) is 50.7 Å². The molecule has 2 aliphatic carbocycles. The van der Waals surface area contributed by atoms with Crippen molar-refractivity contribution in [1.29, 1.82) is 0 Å². The molecule has 0 radical (unpaired) electrons. The van der Waals surface area contributed by atoms with E-state index in [9.17, 15) is 2.74 Å². The molecule has 0 saturated heterocycles. The molecule has 0 unspecified atom stereocenters. The van der Waals surface area contributed by atoms with Gasteiger partial charge in [0.05, 0.1) is 33.5 Å². The molecule has 0 atom stereocenters. The summed E-state index contributed by atoms with van der Waals surface area (Å²) in [5.41, 5.74) is 15.9. The summed E-state index contributed by atoms with van der Waals surface area (Å²) >= 11 is 0. The predicted molar refractivity (Wildman–Crippen MR) is 345 cm³/mol. The number of nitrogens with zero attached hydrogens (tertiary/aromatic N) is 4. The number of hydrogen-bond acceptors (Lipinski definition) is 4. The molecular weight excluding hydrogens is 1010 g/mol. The van der Waals surface area contributed by atoms with E-state index in [1.807, 2.05) is 72.9 Å². The first-order valence-electron chi connectivity index (χ1n) is 32.6. The maximum Gasteiger partial charge on any atom is 0.137 e.